The monoisotopic (exact) mass is 503 g/mol. The second kappa shape index (κ2) is 11.5. The Kier molecular flexibility index (Phi) is 8.94. The van der Waals surface area contributed by atoms with Crippen LogP contribution in [0.25, 0.3) is 10.8 Å². The number of rotatable bonds is 12. The average molecular weight is 504 g/mol. The molecule has 3 atom stereocenters. The van der Waals surface area contributed by atoms with Gasteiger partial charge in [-0.2, -0.15) is 0 Å². The van der Waals surface area contributed by atoms with Gasteiger partial charge in [0.1, 0.15) is 11.6 Å². The van der Waals surface area contributed by atoms with Crippen LogP contribution < -0.4 is 5.32 Å². The predicted octanol–water partition coefficient (Wildman–Crippen LogP) is 3.83. The molecule has 1 unspecified atom stereocenters. The molecule has 1 heterocycles. The number of esters is 1. The molecule has 1 saturated heterocycles. The number of amides is 1. The Morgan fingerprint density at radius 2 is 1.83 bits per heavy atom. The van der Waals surface area contributed by atoms with Crippen molar-refractivity contribution in [1.29, 1.82) is 0 Å². The van der Waals surface area contributed by atoms with E-state index in [1.54, 1.807) is 20.8 Å². The second-order valence-electron chi connectivity index (χ2n) is 10.3. The van der Waals surface area contributed by atoms with Crippen molar-refractivity contribution in [3.8, 4) is 0 Å². The van der Waals surface area contributed by atoms with Gasteiger partial charge in [-0.25, -0.2) is 13.2 Å². The van der Waals surface area contributed by atoms with E-state index >= 15 is 0 Å². The molecule has 7 nitrogen and oxygen atoms in total. The predicted molar refractivity (Wildman–Crippen MR) is 137 cm³/mol. The number of epoxide rings is 1. The van der Waals surface area contributed by atoms with E-state index in [4.69, 9.17) is 9.47 Å². The molecule has 2 aromatic carbocycles. The number of carbonyl (C=O) groups excluding carboxylic acids is 2. The average Bonchev–Trinajstić information content (AvgIpc) is 3.58. The van der Waals surface area contributed by atoms with E-state index in [9.17, 15) is 18.0 Å². The molecule has 1 aliphatic rings. The summed E-state index contributed by atoms with van der Waals surface area (Å²) in [5.74, 6) is -2.22. The molecule has 3 rings (SSSR count). The minimum absolute atomic E-state index is 0.0996. The first-order valence-corrected chi connectivity index (χ1v) is 14.1. The number of ether oxygens (including phenoxy) is 2. The molecule has 0 bridgehead atoms. The normalized spacial score (nSPS) is 17.5. The molecule has 1 fully saturated rings. The molecule has 0 radical (unpaired) electrons. The van der Waals surface area contributed by atoms with Gasteiger partial charge < -0.3 is 14.8 Å². The molecule has 8 heteroatoms. The standard InChI is InChI=1S/C27H37NO6S/c1-5-6-14-24(26(30)34-27(2,3)4)28-25(29)21(17-35(31,32)18-22-16-33-22)15-20-12-9-11-19-10-7-8-13-23(19)20/h7-13,21-22,24H,5-6,14-18H2,1-4H3,(H,28,29)/t21-,22?,24+/m1/s1. The lowest BCUT2D eigenvalue weighted by atomic mass is 9.95. The third kappa shape index (κ3) is 8.61. The second-order valence-corrected chi connectivity index (χ2v) is 12.5. The van der Waals surface area contributed by atoms with Gasteiger partial charge in [0.25, 0.3) is 0 Å². The maximum atomic E-state index is 13.5. The summed E-state index contributed by atoms with van der Waals surface area (Å²) in [6.07, 6.45) is 1.97. The summed E-state index contributed by atoms with van der Waals surface area (Å²) in [7, 11) is -3.54. The first-order valence-electron chi connectivity index (χ1n) is 12.3. The molecule has 0 saturated carbocycles. The Morgan fingerprint density at radius 1 is 1.14 bits per heavy atom. The van der Waals surface area contributed by atoms with E-state index in [2.05, 4.69) is 5.32 Å². The molecule has 0 aliphatic carbocycles. The van der Waals surface area contributed by atoms with Gasteiger partial charge >= 0.3 is 5.97 Å². The molecule has 0 spiro atoms. The number of carbonyl (C=O) groups is 2. The Morgan fingerprint density at radius 3 is 2.49 bits per heavy atom. The molecular weight excluding hydrogens is 466 g/mol. The fraction of sp³-hybridized carbons (Fsp3) is 0.556. The summed E-state index contributed by atoms with van der Waals surface area (Å²) in [4.78, 5) is 26.3. The van der Waals surface area contributed by atoms with Crippen molar-refractivity contribution in [3.63, 3.8) is 0 Å². The topological polar surface area (TPSA) is 102 Å². The van der Waals surface area contributed by atoms with Gasteiger partial charge in [-0.1, -0.05) is 62.2 Å². The van der Waals surface area contributed by atoms with Gasteiger partial charge in [0.2, 0.25) is 5.91 Å². The minimum atomic E-state index is -3.54. The van der Waals surface area contributed by atoms with Gasteiger partial charge in [0, 0.05) is 0 Å². The van der Waals surface area contributed by atoms with Gasteiger partial charge in [0.15, 0.2) is 9.84 Å². The largest absolute Gasteiger partial charge is 0.458 e. The van der Waals surface area contributed by atoms with Crippen molar-refractivity contribution in [2.24, 2.45) is 5.92 Å². The van der Waals surface area contributed by atoms with Crippen molar-refractivity contribution >= 4 is 32.5 Å². The molecule has 192 valence electrons. The summed E-state index contributed by atoms with van der Waals surface area (Å²) >= 11 is 0. The fourth-order valence-corrected chi connectivity index (χ4v) is 5.88. The van der Waals surface area contributed by atoms with Gasteiger partial charge in [-0.05, 0) is 49.9 Å². The zero-order valence-corrected chi connectivity index (χ0v) is 21.9. The van der Waals surface area contributed by atoms with Crippen LogP contribution >= 0.6 is 0 Å². The highest BCUT2D eigenvalue weighted by Gasteiger charge is 2.35. The van der Waals surface area contributed by atoms with Crippen LogP contribution in [-0.4, -0.2) is 56.2 Å². The van der Waals surface area contributed by atoms with E-state index in [0.717, 1.165) is 29.2 Å². The lowest BCUT2D eigenvalue weighted by Gasteiger charge is -2.26. The number of hydrogen-bond acceptors (Lipinski definition) is 6. The zero-order valence-electron chi connectivity index (χ0n) is 21.1. The third-order valence-corrected chi connectivity index (χ3v) is 7.66. The highest BCUT2D eigenvalue weighted by Crippen LogP contribution is 2.24. The van der Waals surface area contributed by atoms with Crippen LogP contribution in [0.1, 0.15) is 52.5 Å². The Hall–Kier alpha value is -2.45. The van der Waals surface area contributed by atoms with E-state index in [-0.39, 0.29) is 24.0 Å². The summed E-state index contributed by atoms with van der Waals surface area (Å²) < 4.78 is 36.4. The molecule has 35 heavy (non-hydrogen) atoms. The van der Waals surface area contributed by atoms with Gasteiger partial charge in [-0.3, -0.25) is 4.79 Å². The van der Waals surface area contributed by atoms with Crippen LogP contribution in [0, 0.1) is 5.92 Å². The van der Waals surface area contributed by atoms with Crippen LogP contribution in [0.15, 0.2) is 42.5 Å². The quantitative estimate of drug-likeness (QED) is 0.349. The lowest BCUT2D eigenvalue weighted by Crippen LogP contribution is -2.47. The van der Waals surface area contributed by atoms with Crippen molar-refractivity contribution in [3.05, 3.63) is 48.0 Å². The van der Waals surface area contributed by atoms with E-state index in [1.165, 1.54) is 0 Å². The highest BCUT2D eigenvalue weighted by atomic mass is 32.2. The molecule has 1 amide bonds. The van der Waals surface area contributed by atoms with Gasteiger partial charge in [0.05, 0.1) is 30.1 Å². The van der Waals surface area contributed by atoms with Crippen LogP contribution in [0.4, 0.5) is 0 Å². The number of unbranched alkanes of at least 4 members (excludes halogenated alkanes) is 1. The Labute approximate surface area is 208 Å². The maximum absolute atomic E-state index is 13.5. The van der Waals surface area contributed by atoms with Crippen molar-refractivity contribution < 1.29 is 27.5 Å². The number of fused-ring (bicyclic) bond motifs is 1. The van der Waals surface area contributed by atoms with Crippen LogP contribution in [0.5, 0.6) is 0 Å². The number of hydrogen-bond donors (Lipinski definition) is 1. The smallest absolute Gasteiger partial charge is 0.329 e. The first kappa shape index (κ1) is 27.1. The lowest BCUT2D eigenvalue weighted by molar-refractivity contribution is -0.159. The summed E-state index contributed by atoms with van der Waals surface area (Å²) in [6.45, 7) is 7.76. The first-order chi connectivity index (χ1) is 16.5. The maximum Gasteiger partial charge on any atom is 0.329 e. The molecule has 1 aliphatic heterocycles. The number of benzene rings is 2. The van der Waals surface area contributed by atoms with Crippen LogP contribution in [0.2, 0.25) is 0 Å². The van der Waals surface area contributed by atoms with E-state index in [0.29, 0.717) is 13.0 Å². The van der Waals surface area contributed by atoms with Gasteiger partial charge in [-0.15, -0.1) is 0 Å². The number of sulfone groups is 1. The van der Waals surface area contributed by atoms with E-state index < -0.39 is 39.3 Å². The molecular formula is C27H37NO6S. The SMILES string of the molecule is CCCC[C@H](NC(=O)[C@H](Cc1cccc2ccccc12)CS(=O)(=O)CC1CO1)C(=O)OC(C)(C)C. The third-order valence-electron chi connectivity index (χ3n) is 5.87. The zero-order chi connectivity index (χ0) is 25.6. The fourth-order valence-electron chi connectivity index (χ4n) is 4.10. The number of nitrogens with one attached hydrogen (secondary N) is 1. The summed E-state index contributed by atoms with van der Waals surface area (Å²) in [5.41, 5.74) is 0.200. The summed E-state index contributed by atoms with van der Waals surface area (Å²) in [5, 5.41) is 4.82. The Bertz CT molecular complexity index is 1130. The molecule has 1 N–H and O–H groups in total. The summed E-state index contributed by atoms with van der Waals surface area (Å²) in [6, 6.07) is 12.8. The molecule has 0 aromatic heterocycles. The minimum Gasteiger partial charge on any atom is -0.458 e. The van der Waals surface area contributed by atoms with E-state index in [1.807, 2.05) is 49.4 Å². The van der Waals surface area contributed by atoms with Crippen molar-refractivity contribution in [2.75, 3.05) is 18.1 Å². The Balaban J connectivity index is 1.85. The van der Waals surface area contributed by atoms with Crippen LogP contribution in [0.3, 0.4) is 0 Å². The van der Waals surface area contributed by atoms with Crippen LogP contribution in [-0.2, 0) is 35.3 Å². The highest BCUT2D eigenvalue weighted by molar-refractivity contribution is 7.91. The van der Waals surface area contributed by atoms with Crippen molar-refractivity contribution in [2.45, 2.75) is 71.1 Å². The van der Waals surface area contributed by atoms with Crippen molar-refractivity contribution in [1.82, 2.24) is 5.32 Å². The molecule has 2 aromatic rings.